The molecule has 0 spiro atoms. The molecule has 1 aliphatic carbocycles. The van der Waals surface area contributed by atoms with Gasteiger partial charge in [-0.05, 0) is 39.2 Å². The summed E-state index contributed by atoms with van der Waals surface area (Å²) in [5.41, 5.74) is 2.14. The van der Waals surface area contributed by atoms with E-state index in [0.717, 1.165) is 40.9 Å². The average molecular weight is 398 g/mol. The molecule has 0 saturated heterocycles. The highest BCUT2D eigenvalue weighted by Crippen LogP contribution is 2.23. The smallest absolute Gasteiger partial charge is 0.272 e. The Hall–Kier alpha value is -2.74. The number of fused-ring (bicyclic) bond motifs is 1. The number of nitrogens with one attached hydrogen (secondary N) is 2. The maximum absolute atomic E-state index is 12.7. The van der Waals surface area contributed by atoms with Crippen LogP contribution in [0.25, 0.3) is 10.9 Å². The van der Waals surface area contributed by atoms with Crippen LogP contribution in [0.2, 0.25) is 0 Å². The van der Waals surface area contributed by atoms with Crippen molar-refractivity contribution in [3.63, 3.8) is 0 Å². The summed E-state index contributed by atoms with van der Waals surface area (Å²) < 4.78 is 1.72. The Labute approximate surface area is 167 Å². The van der Waals surface area contributed by atoms with Crippen LogP contribution in [0.3, 0.4) is 0 Å². The van der Waals surface area contributed by atoms with E-state index in [1.165, 1.54) is 11.3 Å². The Morgan fingerprint density at radius 2 is 1.79 bits per heavy atom. The van der Waals surface area contributed by atoms with Crippen LogP contribution in [0, 0.1) is 13.8 Å². The Balaban J connectivity index is 1.38. The summed E-state index contributed by atoms with van der Waals surface area (Å²) in [5, 5.41) is 12.3. The predicted octanol–water partition coefficient (Wildman–Crippen LogP) is 2.73. The standard InChI is InChI=1S/C20H23N5O2S/c1-11-18(28-12(2)21-11)20(27)23-14-9-8-13(10-14)22-19(26)17-15-6-4-5-7-16(15)25(3)24-17/h4-7,13-14H,8-10H2,1-3H3,(H,22,26)(H,23,27)/t13-,14+/m1/s1. The first-order valence-corrected chi connectivity index (χ1v) is 10.2. The first-order valence-electron chi connectivity index (χ1n) is 9.40. The number of hydrogen-bond acceptors (Lipinski definition) is 5. The molecule has 0 bridgehead atoms. The maximum Gasteiger partial charge on any atom is 0.272 e. The van der Waals surface area contributed by atoms with Crippen molar-refractivity contribution in [1.29, 1.82) is 0 Å². The molecule has 8 heteroatoms. The van der Waals surface area contributed by atoms with E-state index in [1.807, 2.05) is 45.2 Å². The first kappa shape index (κ1) is 18.6. The van der Waals surface area contributed by atoms with Crippen LogP contribution in [-0.2, 0) is 7.05 Å². The second-order valence-electron chi connectivity index (χ2n) is 7.29. The number of carbonyl (C=O) groups excluding carboxylic acids is 2. The predicted molar refractivity (Wildman–Crippen MR) is 109 cm³/mol. The molecule has 2 heterocycles. The van der Waals surface area contributed by atoms with Crippen LogP contribution in [-0.4, -0.2) is 38.7 Å². The van der Waals surface area contributed by atoms with Crippen molar-refractivity contribution in [3.05, 3.63) is 45.5 Å². The Morgan fingerprint density at radius 3 is 2.46 bits per heavy atom. The van der Waals surface area contributed by atoms with Gasteiger partial charge >= 0.3 is 0 Å². The van der Waals surface area contributed by atoms with Gasteiger partial charge < -0.3 is 10.6 Å². The number of aryl methyl sites for hydroxylation is 3. The van der Waals surface area contributed by atoms with Crippen molar-refractivity contribution in [2.24, 2.45) is 7.05 Å². The van der Waals surface area contributed by atoms with E-state index in [9.17, 15) is 9.59 Å². The quantitative estimate of drug-likeness (QED) is 0.708. The molecule has 2 aromatic heterocycles. The molecule has 1 aliphatic rings. The summed E-state index contributed by atoms with van der Waals surface area (Å²) in [6.45, 7) is 3.75. The third kappa shape index (κ3) is 3.52. The molecule has 146 valence electrons. The average Bonchev–Trinajstić information content (AvgIpc) is 3.33. The SMILES string of the molecule is Cc1nc(C)c(C(=O)N[C@H]2CC[C@@H](NC(=O)c3nn(C)c4ccccc34)C2)s1. The molecule has 1 aromatic carbocycles. The summed E-state index contributed by atoms with van der Waals surface area (Å²) in [7, 11) is 1.84. The minimum atomic E-state index is -0.164. The Kier molecular flexibility index (Phi) is 4.89. The lowest BCUT2D eigenvalue weighted by molar-refractivity contribution is 0.0933. The fourth-order valence-electron chi connectivity index (χ4n) is 3.87. The molecule has 0 aliphatic heterocycles. The van der Waals surface area contributed by atoms with Crippen molar-refractivity contribution in [3.8, 4) is 0 Å². The number of nitrogens with zero attached hydrogens (tertiary/aromatic N) is 3. The highest BCUT2D eigenvalue weighted by Gasteiger charge is 2.29. The third-order valence-electron chi connectivity index (χ3n) is 5.19. The van der Waals surface area contributed by atoms with Gasteiger partial charge in [-0.3, -0.25) is 14.3 Å². The van der Waals surface area contributed by atoms with Gasteiger partial charge in [0.1, 0.15) is 4.88 Å². The summed E-state index contributed by atoms with van der Waals surface area (Å²) >= 11 is 1.41. The third-order valence-corrected chi connectivity index (χ3v) is 6.26. The fourth-order valence-corrected chi connectivity index (χ4v) is 4.69. The van der Waals surface area contributed by atoms with Crippen LogP contribution < -0.4 is 10.6 Å². The molecule has 28 heavy (non-hydrogen) atoms. The molecule has 2 N–H and O–H groups in total. The van der Waals surface area contributed by atoms with Crippen LogP contribution in [0.4, 0.5) is 0 Å². The summed E-state index contributed by atoms with van der Waals surface area (Å²) in [6.07, 6.45) is 2.40. The van der Waals surface area contributed by atoms with E-state index in [0.29, 0.717) is 10.6 Å². The summed E-state index contributed by atoms with van der Waals surface area (Å²) in [4.78, 5) is 30.2. The van der Waals surface area contributed by atoms with Gasteiger partial charge in [-0.25, -0.2) is 4.98 Å². The second-order valence-corrected chi connectivity index (χ2v) is 8.49. The molecule has 4 rings (SSSR count). The zero-order chi connectivity index (χ0) is 19.8. The molecule has 1 saturated carbocycles. The molecule has 3 aromatic rings. The van der Waals surface area contributed by atoms with E-state index < -0.39 is 0 Å². The van der Waals surface area contributed by atoms with E-state index in [-0.39, 0.29) is 23.9 Å². The number of para-hydroxylation sites is 1. The van der Waals surface area contributed by atoms with Gasteiger partial charge in [0.2, 0.25) is 0 Å². The fraction of sp³-hybridized carbons (Fsp3) is 0.400. The van der Waals surface area contributed by atoms with E-state index in [1.54, 1.807) is 4.68 Å². The minimum absolute atomic E-state index is 0.0304. The van der Waals surface area contributed by atoms with Gasteiger partial charge in [-0.2, -0.15) is 5.10 Å². The van der Waals surface area contributed by atoms with Gasteiger partial charge in [0.25, 0.3) is 11.8 Å². The first-order chi connectivity index (χ1) is 13.4. The minimum Gasteiger partial charge on any atom is -0.348 e. The number of thiazole rings is 1. The zero-order valence-electron chi connectivity index (χ0n) is 16.2. The molecule has 2 amide bonds. The highest BCUT2D eigenvalue weighted by molar-refractivity contribution is 7.13. The molecular formula is C20H23N5O2S. The topological polar surface area (TPSA) is 88.9 Å². The van der Waals surface area contributed by atoms with E-state index >= 15 is 0 Å². The van der Waals surface area contributed by atoms with Gasteiger partial charge in [0, 0.05) is 24.5 Å². The number of aromatic nitrogens is 3. The molecular weight excluding hydrogens is 374 g/mol. The van der Waals surface area contributed by atoms with Gasteiger partial charge in [-0.1, -0.05) is 18.2 Å². The van der Waals surface area contributed by atoms with E-state index in [4.69, 9.17) is 0 Å². The Morgan fingerprint density at radius 1 is 1.11 bits per heavy atom. The van der Waals surface area contributed by atoms with Crippen molar-refractivity contribution < 1.29 is 9.59 Å². The van der Waals surface area contributed by atoms with E-state index in [2.05, 4.69) is 20.7 Å². The number of carbonyl (C=O) groups is 2. The van der Waals surface area contributed by atoms with Crippen molar-refractivity contribution in [2.75, 3.05) is 0 Å². The summed E-state index contributed by atoms with van der Waals surface area (Å²) in [5.74, 6) is -0.238. The molecule has 7 nitrogen and oxygen atoms in total. The van der Waals surface area contributed by atoms with Crippen molar-refractivity contribution >= 4 is 34.1 Å². The molecule has 2 atom stereocenters. The number of hydrogen-bond donors (Lipinski definition) is 2. The zero-order valence-corrected chi connectivity index (χ0v) is 17.0. The van der Waals surface area contributed by atoms with Crippen LogP contribution in [0.1, 0.15) is 50.1 Å². The van der Waals surface area contributed by atoms with Crippen LogP contribution in [0.15, 0.2) is 24.3 Å². The van der Waals surface area contributed by atoms with Crippen LogP contribution >= 0.6 is 11.3 Å². The molecule has 1 fully saturated rings. The second kappa shape index (κ2) is 7.35. The van der Waals surface area contributed by atoms with Gasteiger partial charge in [0.15, 0.2) is 5.69 Å². The Bertz CT molecular complexity index is 1050. The van der Waals surface area contributed by atoms with Gasteiger partial charge in [-0.15, -0.1) is 11.3 Å². The lowest BCUT2D eigenvalue weighted by Gasteiger charge is -2.14. The van der Waals surface area contributed by atoms with Gasteiger partial charge in [0.05, 0.1) is 16.2 Å². The van der Waals surface area contributed by atoms with Crippen molar-refractivity contribution in [1.82, 2.24) is 25.4 Å². The van der Waals surface area contributed by atoms with Crippen molar-refractivity contribution in [2.45, 2.75) is 45.2 Å². The maximum atomic E-state index is 12.7. The summed E-state index contributed by atoms with van der Waals surface area (Å²) in [6, 6.07) is 7.79. The number of rotatable bonds is 4. The van der Waals surface area contributed by atoms with Crippen LogP contribution in [0.5, 0.6) is 0 Å². The lowest BCUT2D eigenvalue weighted by Crippen LogP contribution is -2.37. The monoisotopic (exact) mass is 397 g/mol. The number of amides is 2. The normalized spacial score (nSPS) is 19.1. The molecule has 0 radical (unpaired) electrons. The largest absolute Gasteiger partial charge is 0.348 e. The number of benzene rings is 1. The highest BCUT2D eigenvalue weighted by atomic mass is 32.1. The molecule has 0 unspecified atom stereocenters. The lowest BCUT2D eigenvalue weighted by atomic mass is 10.2.